The summed E-state index contributed by atoms with van der Waals surface area (Å²) in [6.45, 7) is 4.55. The Morgan fingerprint density at radius 2 is 2.00 bits per heavy atom. The summed E-state index contributed by atoms with van der Waals surface area (Å²) >= 11 is 0. The minimum Gasteiger partial charge on any atom is -0.480 e. The van der Waals surface area contributed by atoms with E-state index in [4.69, 9.17) is 9.84 Å². The van der Waals surface area contributed by atoms with Crippen molar-refractivity contribution in [3.63, 3.8) is 0 Å². The van der Waals surface area contributed by atoms with Crippen molar-refractivity contribution in [2.75, 3.05) is 32.0 Å². The summed E-state index contributed by atoms with van der Waals surface area (Å²) in [6.07, 6.45) is 2.32. The van der Waals surface area contributed by atoms with Crippen molar-refractivity contribution in [2.24, 2.45) is 0 Å². The van der Waals surface area contributed by atoms with Crippen molar-refractivity contribution in [2.45, 2.75) is 32.9 Å². The van der Waals surface area contributed by atoms with Crippen LogP contribution in [0.3, 0.4) is 0 Å². The average molecular weight is 407 g/mol. The van der Waals surface area contributed by atoms with E-state index in [1.165, 1.54) is 11.0 Å². The number of rotatable bonds is 8. The Balaban J connectivity index is 2.01. The fourth-order valence-electron chi connectivity index (χ4n) is 2.47. The van der Waals surface area contributed by atoms with Crippen molar-refractivity contribution in [1.29, 1.82) is 0 Å². The predicted octanol–water partition coefficient (Wildman–Crippen LogP) is 0.306. The fourth-order valence-corrected chi connectivity index (χ4v) is 2.47. The van der Waals surface area contributed by atoms with Crippen LogP contribution >= 0.6 is 0 Å². The molecule has 0 aliphatic heterocycles. The molecule has 0 aromatic carbocycles. The number of hydrogen-bond acceptors (Lipinski definition) is 8. The summed E-state index contributed by atoms with van der Waals surface area (Å²) in [5, 5.41) is 19.4. The van der Waals surface area contributed by atoms with E-state index in [2.05, 4.69) is 25.7 Å². The van der Waals surface area contributed by atoms with Gasteiger partial charge in [-0.3, -0.25) is 14.3 Å². The summed E-state index contributed by atoms with van der Waals surface area (Å²) in [6, 6.07) is 0. The molecule has 2 aromatic rings. The number of carboxylic acid groups (broad SMARTS) is 1. The van der Waals surface area contributed by atoms with Crippen molar-refractivity contribution >= 4 is 34.8 Å². The Kier molecular flexibility index (Phi) is 6.91. The van der Waals surface area contributed by atoms with E-state index >= 15 is 0 Å². The highest BCUT2D eigenvalue weighted by molar-refractivity contribution is 5.86. The van der Waals surface area contributed by atoms with Crippen LogP contribution in [0.2, 0.25) is 0 Å². The lowest BCUT2D eigenvalue weighted by Crippen LogP contribution is -2.43. The van der Waals surface area contributed by atoms with Gasteiger partial charge in [0.1, 0.15) is 30.8 Å². The normalized spacial score (nSPS) is 11.2. The molecule has 0 aliphatic carbocycles. The van der Waals surface area contributed by atoms with E-state index in [0.29, 0.717) is 16.9 Å². The topological polar surface area (TPSA) is 152 Å². The first-order valence-corrected chi connectivity index (χ1v) is 8.91. The number of fused-ring (bicyclic) bond motifs is 1. The molecule has 0 saturated carbocycles. The number of carboxylic acids is 1. The highest BCUT2D eigenvalue weighted by atomic mass is 16.6. The molecular weight excluding hydrogens is 382 g/mol. The van der Waals surface area contributed by atoms with Gasteiger partial charge in [-0.1, -0.05) is 0 Å². The van der Waals surface area contributed by atoms with Gasteiger partial charge in [0.2, 0.25) is 5.91 Å². The Hall–Kier alpha value is -3.44. The zero-order valence-electron chi connectivity index (χ0n) is 16.8. The summed E-state index contributed by atoms with van der Waals surface area (Å²) in [5.74, 6) is -1.06. The maximum Gasteiger partial charge on any atom is 0.407 e. The van der Waals surface area contributed by atoms with Crippen LogP contribution in [0.4, 0.5) is 10.6 Å². The minimum atomic E-state index is -1.16. The molecule has 0 atom stereocenters. The van der Waals surface area contributed by atoms with E-state index in [9.17, 15) is 14.4 Å². The van der Waals surface area contributed by atoms with Crippen LogP contribution in [-0.2, 0) is 20.9 Å². The van der Waals surface area contributed by atoms with Crippen molar-refractivity contribution < 1.29 is 24.2 Å². The predicted molar refractivity (Wildman–Crippen MR) is 103 cm³/mol. The number of ether oxygens (including phenoxy) is 1. The smallest absolute Gasteiger partial charge is 0.407 e. The second-order valence-electron chi connectivity index (χ2n) is 7.17. The summed E-state index contributed by atoms with van der Waals surface area (Å²) in [4.78, 5) is 44.6. The highest BCUT2D eigenvalue weighted by Crippen LogP contribution is 2.17. The van der Waals surface area contributed by atoms with Crippen molar-refractivity contribution in [3.05, 3.63) is 12.5 Å². The van der Waals surface area contributed by atoms with Gasteiger partial charge >= 0.3 is 12.1 Å². The Morgan fingerprint density at radius 1 is 1.28 bits per heavy atom. The summed E-state index contributed by atoms with van der Waals surface area (Å²) in [5.41, 5.74) is -0.244. The average Bonchev–Trinajstić information content (AvgIpc) is 3.01. The molecule has 0 spiro atoms. The molecule has 0 unspecified atom stereocenters. The van der Waals surface area contributed by atoms with Gasteiger partial charge in [0.25, 0.3) is 0 Å². The zero-order valence-corrected chi connectivity index (χ0v) is 16.8. The molecule has 0 saturated heterocycles. The summed E-state index contributed by atoms with van der Waals surface area (Å²) in [7, 11) is 1.70. The molecular formula is C17H25N7O5. The number of carbonyl (C=O) groups excluding carboxylic acids is 2. The molecule has 2 heterocycles. The van der Waals surface area contributed by atoms with Crippen LogP contribution in [-0.4, -0.2) is 80.0 Å². The van der Waals surface area contributed by atoms with Crippen LogP contribution in [0.5, 0.6) is 0 Å². The third kappa shape index (κ3) is 6.59. The second-order valence-corrected chi connectivity index (χ2v) is 7.17. The minimum absolute atomic E-state index is 0.00668. The van der Waals surface area contributed by atoms with Gasteiger partial charge in [-0.15, -0.1) is 0 Å². The lowest BCUT2D eigenvalue weighted by Gasteiger charge is -2.22. The van der Waals surface area contributed by atoms with Crippen LogP contribution in [0, 0.1) is 0 Å². The van der Waals surface area contributed by atoms with E-state index < -0.39 is 30.1 Å². The number of amides is 2. The van der Waals surface area contributed by atoms with Crippen LogP contribution < -0.4 is 10.6 Å². The monoisotopic (exact) mass is 407 g/mol. The van der Waals surface area contributed by atoms with Gasteiger partial charge in [-0.05, 0) is 20.8 Å². The third-order valence-electron chi connectivity index (χ3n) is 3.63. The van der Waals surface area contributed by atoms with Crippen LogP contribution in [0.25, 0.3) is 11.0 Å². The Bertz CT molecular complexity index is 890. The molecule has 12 heteroatoms. The molecule has 0 aliphatic rings. The van der Waals surface area contributed by atoms with Gasteiger partial charge in [-0.25, -0.2) is 14.8 Å². The molecule has 3 N–H and O–H groups in total. The molecule has 2 aromatic heterocycles. The number of anilines is 1. The van der Waals surface area contributed by atoms with Crippen molar-refractivity contribution in [1.82, 2.24) is 30.0 Å². The molecule has 2 amide bonds. The SMILES string of the molecule is CNc1ncnc2nn(CC(=O)N(CCNC(=O)OC(C)(C)C)CC(=O)O)cc12. The molecule has 29 heavy (non-hydrogen) atoms. The zero-order chi connectivity index (χ0) is 21.6. The lowest BCUT2D eigenvalue weighted by molar-refractivity contribution is -0.144. The number of hydrogen-bond donors (Lipinski definition) is 3. The first kappa shape index (κ1) is 21.9. The van der Waals surface area contributed by atoms with E-state index in [0.717, 1.165) is 4.90 Å². The molecule has 12 nitrogen and oxygen atoms in total. The van der Waals surface area contributed by atoms with Gasteiger partial charge < -0.3 is 25.4 Å². The second kappa shape index (κ2) is 9.17. The largest absolute Gasteiger partial charge is 0.480 e. The third-order valence-corrected chi connectivity index (χ3v) is 3.63. The van der Waals surface area contributed by atoms with Gasteiger partial charge in [0, 0.05) is 26.3 Å². The molecule has 158 valence electrons. The number of aliphatic carboxylic acids is 1. The number of alkyl carbamates (subject to hydrolysis) is 1. The van der Waals surface area contributed by atoms with Gasteiger partial charge in [0.15, 0.2) is 5.65 Å². The van der Waals surface area contributed by atoms with Crippen molar-refractivity contribution in [3.8, 4) is 0 Å². The number of aromatic nitrogens is 4. The quantitative estimate of drug-likeness (QED) is 0.561. The first-order chi connectivity index (χ1) is 13.6. The standard InChI is InChI=1S/C17H25N7O5/c1-17(2,3)29-16(28)19-5-6-23(9-13(26)27)12(25)8-24-7-11-14(18-4)20-10-21-15(11)22-24/h7,10H,5-6,8-9H2,1-4H3,(H,19,28)(H,26,27)(H,18,20,21,22). The number of carbonyl (C=O) groups is 3. The number of nitrogens with zero attached hydrogens (tertiary/aromatic N) is 5. The van der Waals surface area contributed by atoms with Crippen LogP contribution in [0.1, 0.15) is 20.8 Å². The molecule has 2 rings (SSSR count). The molecule has 0 radical (unpaired) electrons. The lowest BCUT2D eigenvalue weighted by atomic mass is 10.2. The number of nitrogens with one attached hydrogen (secondary N) is 2. The van der Waals surface area contributed by atoms with Crippen LogP contribution in [0.15, 0.2) is 12.5 Å². The first-order valence-electron chi connectivity index (χ1n) is 8.91. The Morgan fingerprint density at radius 3 is 2.62 bits per heavy atom. The van der Waals surface area contributed by atoms with Gasteiger partial charge in [0.05, 0.1) is 5.39 Å². The highest BCUT2D eigenvalue weighted by Gasteiger charge is 2.20. The molecule has 0 bridgehead atoms. The summed E-state index contributed by atoms with van der Waals surface area (Å²) < 4.78 is 6.48. The maximum absolute atomic E-state index is 12.6. The van der Waals surface area contributed by atoms with Gasteiger partial charge in [-0.2, -0.15) is 5.10 Å². The van der Waals surface area contributed by atoms with E-state index in [1.54, 1.807) is 34.0 Å². The maximum atomic E-state index is 12.6. The fraction of sp³-hybridized carbons (Fsp3) is 0.529. The van der Waals surface area contributed by atoms with E-state index in [-0.39, 0.29) is 19.6 Å². The van der Waals surface area contributed by atoms with E-state index in [1.807, 2.05) is 0 Å². The Labute approximate surface area is 167 Å². The molecule has 0 fully saturated rings.